The number of amides is 1. The molecular formula is C47H58N2O13S3. The maximum Gasteiger partial charge on any atom is 0.303 e. The zero-order valence-corrected chi connectivity index (χ0v) is 39.5. The zero-order valence-electron chi connectivity index (χ0n) is 37.0. The van der Waals surface area contributed by atoms with Crippen LogP contribution in [0.5, 0.6) is 0 Å². The molecule has 352 valence electrons. The summed E-state index contributed by atoms with van der Waals surface area (Å²) < 4.78 is 106. The van der Waals surface area contributed by atoms with Crippen molar-refractivity contribution in [3.63, 3.8) is 0 Å². The van der Waals surface area contributed by atoms with E-state index in [0.717, 1.165) is 38.8 Å². The summed E-state index contributed by atoms with van der Waals surface area (Å²) in [5.74, 6) is -2.17. The van der Waals surface area contributed by atoms with Gasteiger partial charge in [-0.3, -0.25) is 23.2 Å². The predicted octanol–water partition coefficient (Wildman–Crippen LogP) is 7.94. The van der Waals surface area contributed by atoms with E-state index in [-0.39, 0.29) is 42.9 Å². The molecule has 0 aliphatic carbocycles. The van der Waals surface area contributed by atoms with Crippen LogP contribution in [0, 0.1) is 6.92 Å². The number of carbonyl (C=O) groups is 2. The SMILES string of the molecule is C=C(/C=C/C=C1/N(CCCCCC(=O)O)c2ccc3cc(C(=O)NCCOC)ccc3c2C1(C)CCCS(=O)(=O)O)C(C)(CCCS(=O)(=O)O)c1c(C)ccc2cc(S(=O)(=O)O)ccc12. The van der Waals surface area contributed by atoms with Crippen LogP contribution >= 0.6 is 0 Å². The lowest BCUT2D eigenvalue weighted by molar-refractivity contribution is -0.137. The van der Waals surface area contributed by atoms with Crippen molar-refractivity contribution >= 4 is 69.5 Å². The Labute approximate surface area is 381 Å². The molecule has 18 heteroatoms. The van der Waals surface area contributed by atoms with Gasteiger partial charge in [-0.1, -0.05) is 62.4 Å². The minimum absolute atomic E-state index is 0.0182. The molecule has 4 aromatic rings. The van der Waals surface area contributed by atoms with Crippen molar-refractivity contribution in [3.8, 4) is 0 Å². The standard InChI is InChI=1S/C47H58N2O13S3/c1-32-15-16-35-31-37(65(59,60)61)19-21-38(35)43(32)46(3,23-10-28-63(53,54)55)33(2)12-9-13-41-47(4,24-11-29-64(56,57)58)44-39-20-17-36(45(52)48-25-27-62-5)30-34(39)18-22-40(44)49(41)26-8-6-7-14-42(50)51/h9,12-13,15-22,30-31H,2,6-8,10-11,14,23-29H2,1,3-5H3,(H,48,52)(H,50,51)(H,53,54,55)(H,56,57,58)(H,59,60,61)/b12-9+,41-13+. The second-order valence-corrected chi connectivity index (χ2v) is 21.6. The van der Waals surface area contributed by atoms with Gasteiger partial charge in [0.2, 0.25) is 0 Å². The zero-order chi connectivity index (χ0) is 48.0. The summed E-state index contributed by atoms with van der Waals surface area (Å²) in [5, 5.41) is 14.9. The molecule has 0 aromatic heterocycles. The first-order valence-corrected chi connectivity index (χ1v) is 25.9. The monoisotopic (exact) mass is 954 g/mol. The lowest BCUT2D eigenvalue weighted by atomic mass is 9.70. The molecule has 0 spiro atoms. The van der Waals surface area contributed by atoms with Crippen LogP contribution in [0.3, 0.4) is 0 Å². The fraction of sp³-hybridized carbons (Fsp3) is 0.404. The second kappa shape index (κ2) is 20.7. The average Bonchev–Trinajstić information content (AvgIpc) is 3.44. The van der Waals surface area contributed by atoms with Crippen molar-refractivity contribution in [3.05, 3.63) is 119 Å². The number of fused-ring (bicyclic) bond motifs is 4. The number of aryl methyl sites for hydroxylation is 1. The number of carbonyl (C=O) groups excluding carboxylic acids is 1. The largest absolute Gasteiger partial charge is 0.481 e. The third-order valence-corrected chi connectivity index (χ3v) is 14.7. The van der Waals surface area contributed by atoms with Crippen LogP contribution in [-0.4, -0.2) is 94.2 Å². The van der Waals surface area contributed by atoms with E-state index in [0.29, 0.717) is 60.9 Å². The number of benzene rings is 4. The van der Waals surface area contributed by atoms with Crippen molar-refractivity contribution in [1.82, 2.24) is 5.32 Å². The van der Waals surface area contributed by atoms with Gasteiger partial charge in [-0.05, 0) is 133 Å². The third kappa shape index (κ3) is 12.5. The first kappa shape index (κ1) is 51.0. The quantitative estimate of drug-likeness (QED) is 0.0269. The summed E-state index contributed by atoms with van der Waals surface area (Å²) >= 11 is 0. The molecular weight excluding hydrogens is 897 g/mol. The molecule has 5 rings (SSSR count). The van der Waals surface area contributed by atoms with Crippen molar-refractivity contribution in [2.45, 2.75) is 87.9 Å². The molecule has 1 heterocycles. The van der Waals surface area contributed by atoms with E-state index in [1.807, 2.05) is 51.1 Å². The Morgan fingerprint density at radius 1 is 0.862 bits per heavy atom. The summed E-state index contributed by atoms with van der Waals surface area (Å²) in [7, 11) is -11.6. The van der Waals surface area contributed by atoms with Crippen LogP contribution in [-0.2, 0) is 50.7 Å². The van der Waals surface area contributed by atoms with Gasteiger partial charge in [0.15, 0.2) is 0 Å². The maximum atomic E-state index is 13.1. The van der Waals surface area contributed by atoms with Gasteiger partial charge in [-0.15, -0.1) is 0 Å². The number of hydrogen-bond acceptors (Lipinski definition) is 10. The summed E-state index contributed by atoms with van der Waals surface area (Å²) in [6.45, 7) is 11.4. The fourth-order valence-corrected chi connectivity index (χ4v) is 10.6. The smallest absolute Gasteiger partial charge is 0.303 e. The van der Waals surface area contributed by atoms with Crippen LogP contribution in [0.4, 0.5) is 5.69 Å². The number of allylic oxidation sites excluding steroid dienone is 5. The van der Waals surface area contributed by atoms with Gasteiger partial charge in [0, 0.05) is 54.4 Å². The second-order valence-electron chi connectivity index (χ2n) is 17.0. The third-order valence-electron chi connectivity index (χ3n) is 12.3. The molecule has 5 N–H and O–H groups in total. The number of ether oxygens (including phenoxy) is 1. The molecule has 0 radical (unpaired) electrons. The van der Waals surface area contributed by atoms with Crippen LogP contribution in [0.1, 0.15) is 92.3 Å². The number of hydrogen-bond donors (Lipinski definition) is 5. The van der Waals surface area contributed by atoms with Gasteiger partial charge in [-0.25, -0.2) is 0 Å². The van der Waals surface area contributed by atoms with E-state index in [4.69, 9.17) is 4.74 Å². The molecule has 0 saturated carbocycles. The van der Waals surface area contributed by atoms with Gasteiger partial charge in [0.05, 0.1) is 23.0 Å². The Morgan fingerprint density at radius 3 is 2.18 bits per heavy atom. The molecule has 15 nitrogen and oxygen atoms in total. The molecule has 4 aromatic carbocycles. The number of carboxylic acids is 1. The molecule has 1 aliphatic rings. The first-order valence-electron chi connectivity index (χ1n) is 21.2. The van der Waals surface area contributed by atoms with E-state index in [1.54, 1.807) is 43.5 Å². The van der Waals surface area contributed by atoms with Crippen molar-refractivity contribution in [1.29, 1.82) is 0 Å². The molecule has 65 heavy (non-hydrogen) atoms. The van der Waals surface area contributed by atoms with Crippen LogP contribution < -0.4 is 10.2 Å². The van der Waals surface area contributed by atoms with Crippen LogP contribution in [0.2, 0.25) is 0 Å². The minimum atomic E-state index is -4.52. The molecule has 1 amide bonds. The summed E-state index contributed by atoms with van der Waals surface area (Å²) in [4.78, 5) is 26.2. The van der Waals surface area contributed by atoms with E-state index < -0.39 is 58.7 Å². The van der Waals surface area contributed by atoms with E-state index in [2.05, 4.69) is 16.8 Å². The number of nitrogens with one attached hydrogen (secondary N) is 1. The topological polar surface area (TPSA) is 242 Å². The van der Waals surface area contributed by atoms with Gasteiger partial charge >= 0.3 is 5.97 Å². The molecule has 2 unspecified atom stereocenters. The highest BCUT2D eigenvalue weighted by Crippen LogP contribution is 2.53. The van der Waals surface area contributed by atoms with E-state index in [1.165, 1.54) is 12.1 Å². The highest BCUT2D eigenvalue weighted by molar-refractivity contribution is 7.86. The van der Waals surface area contributed by atoms with Crippen LogP contribution in [0.25, 0.3) is 21.5 Å². The summed E-state index contributed by atoms with van der Waals surface area (Å²) in [5.41, 5.74) is 3.16. The lowest BCUT2D eigenvalue weighted by Gasteiger charge is -2.34. The van der Waals surface area contributed by atoms with Crippen molar-refractivity contribution in [2.75, 3.05) is 43.2 Å². The molecule has 0 saturated heterocycles. The Hall–Kier alpha value is -4.95. The van der Waals surface area contributed by atoms with E-state index in [9.17, 15) is 53.6 Å². The maximum absolute atomic E-state index is 13.1. The molecule has 2 atom stereocenters. The highest BCUT2D eigenvalue weighted by atomic mass is 32.2. The molecule has 1 aliphatic heterocycles. The molecule has 0 fully saturated rings. The number of unbranched alkanes of at least 4 members (excludes halogenated alkanes) is 2. The fourth-order valence-electron chi connectivity index (χ4n) is 9.09. The number of aliphatic carboxylic acids is 1. The van der Waals surface area contributed by atoms with Crippen molar-refractivity contribution in [2.24, 2.45) is 0 Å². The number of nitrogens with zero attached hydrogens (tertiary/aromatic N) is 1. The normalized spacial score (nSPS) is 17.2. The van der Waals surface area contributed by atoms with Gasteiger partial charge < -0.3 is 20.1 Å². The first-order chi connectivity index (χ1) is 30.4. The van der Waals surface area contributed by atoms with Gasteiger partial charge in [0.1, 0.15) is 0 Å². The minimum Gasteiger partial charge on any atom is -0.481 e. The number of rotatable bonds is 23. The van der Waals surface area contributed by atoms with Gasteiger partial charge in [-0.2, -0.15) is 25.3 Å². The Bertz CT molecular complexity index is 2870. The lowest BCUT2D eigenvalue weighted by Crippen LogP contribution is -2.30. The van der Waals surface area contributed by atoms with Crippen LogP contribution in [0.15, 0.2) is 102 Å². The predicted molar refractivity (Wildman–Crippen MR) is 252 cm³/mol. The summed E-state index contributed by atoms with van der Waals surface area (Å²) in [6.07, 6.45) is 7.85. The average molecular weight is 955 g/mol. The Morgan fingerprint density at radius 2 is 1.52 bits per heavy atom. The summed E-state index contributed by atoms with van der Waals surface area (Å²) in [6, 6.07) is 17.0. The van der Waals surface area contributed by atoms with Crippen molar-refractivity contribution < 1.29 is 58.3 Å². The number of anilines is 1. The highest BCUT2D eigenvalue weighted by Gasteiger charge is 2.44. The Kier molecular flexibility index (Phi) is 16.3. The van der Waals surface area contributed by atoms with Gasteiger partial charge in [0.25, 0.3) is 36.3 Å². The Balaban J connectivity index is 1.66. The van der Waals surface area contributed by atoms with E-state index >= 15 is 0 Å². The molecule has 0 bridgehead atoms. The number of methoxy groups -OCH3 is 1. The number of carboxylic acid groups (broad SMARTS) is 1.